The molecule has 0 spiro atoms. The third-order valence-electron chi connectivity index (χ3n) is 4.07. The van der Waals surface area contributed by atoms with Crippen molar-refractivity contribution in [3.63, 3.8) is 0 Å². The Balaban J connectivity index is 1.46. The van der Waals surface area contributed by atoms with Crippen LogP contribution in [-0.4, -0.2) is 24.0 Å². The number of halogens is 1. The zero-order chi connectivity index (χ0) is 16.1. The molecule has 0 bridgehead atoms. The lowest BCUT2D eigenvalue weighted by Crippen LogP contribution is -2.34. The zero-order valence-corrected chi connectivity index (χ0v) is 13.0. The Hall–Kier alpha value is -2.37. The normalized spacial score (nSPS) is 15.4. The highest BCUT2D eigenvalue weighted by molar-refractivity contribution is 5.77. The molecule has 3 rings (SSSR count). The highest BCUT2D eigenvalue weighted by Crippen LogP contribution is 2.26. The fourth-order valence-corrected chi connectivity index (χ4v) is 2.42. The molecule has 122 valence electrons. The summed E-state index contributed by atoms with van der Waals surface area (Å²) in [7, 11) is 0. The fourth-order valence-electron chi connectivity index (χ4n) is 2.42. The van der Waals surface area contributed by atoms with Gasteiger partial charge >= 0.3 is 0 Å². The lowest BCUT2D eigenvalue weighted by molar-refractivity contribution is 0.326. The Bertz CT molecular complexity index is 661. The predicted molar refractivity (Wildman–Crippen MR) is 87.4 cm³/mol. The van der Waals surface area contributed by atoms with E-state index in [0.717, 1.165) is 17.8 Å². The minimum Gasteiger partial charge on any atom is -0.444 e. The van der Waals surface area contributed by atoms with Gasteiger partial charge in [-0.1, -0.05) is 6.42 Å². The molecule has 1 aromatic heterocycles. The molecule has 0 unspecified atom stereocenters. The maximum absolute atomic E-state index is 12.9. The van der Waals surface area contributed by atoms with Crippen molar-refractivity contribution in [3.05, 3.63) is 42.0 Å². The number of oxazole rings is 1. The van der Waals surface area contributed by atoms with Crippen molar-refractivity contribution < 1.29 is 8.81 Å². The van der Waals surface area contributed by atoms with Crippen LogP contribution in [0.25, 0.3) is 11.5 Å². The molecule has 0 atom stereocenters. The van der Waals surface area contributed by atoms with Crippen molar-refractivity contribution in [3.8, 4) is 11.5 Å². The summed E-state index contributed by atoms with van der Waals surface area (Å²) in [5.74, 6) is 1.41. The van der Waals surface area contributed by atoms with Crippen molar-refractivity contribution in [1.29, 1.82) is 0 Å². The molecule has 2 aromatic rings. The number of guanidine groups is 1. The van der Waals surface area contributed by atoms with Gasteiger partial charge in [0.25, 0.3) is 0 Å². The van der Waals surface area contributed by atoms with E-state index in [0.29, 0.717) is 30.7 Å². The number of hydrogen-bond acceptors (Lipinski definition) is 3. The molecule has 6 heteroatoms. The van der Waals surface area contributed by atoms with E-state index in [1.54, 1.807) is 18.4 Å². The smallest absolute Gasteiger partial charge is 0.226 e. The van der Waals surface area contributed by atoms with E-state index >= 15 is 0 Å². The predicted octanol–water partition coefficient (Wildman–Crippen LogP) is 2.73. The van der Waals surface area contributed by atoms with Gasteiger partial charge in [-0.15, -0.1) is 0 Å². The van der Waals surface area contributed by atoms with Crippen molar-refractivity contribution in [2.45, 2.75) is 25.7 Å². The van der Waals surface area contributed by atoms with Crippen molar-refractivity contribution in [1.82, 2.24) is 10.3 Å². The second-order valence-electron chi connectivity index (χ2n) is 5.85. The number of benzene rings is 1. The third kappa shape index (κ3) is 4.31. The molecule has 0 radical (unpaired) electrons. The van der Waals surface area contributed by atoms with Gasteiger partial charge in [0.1, 0.15) is 12.1 Å². The van der Waals surface area contributed by atoms with Gasteiger partial charge in [-0.2, -0.15) is 0 Å². The average molecular weight is 316 g/mol. The van der Waals surface area contributed by atoms with Crippen molar-refractivity contribution >= 4 is 5.96 Å². The van der Waals surface area contributed by atoms with Crippen molar-refractivity contribution in [2.24, 2.45) is 16.6 Å². The molecule has 0 saturated heterocycles. The third-order valence-corrected chi connectivity index (χ3v) is 4.07. The molecule has 1 fully saturated rings. The second-order valence-corrected chi connectivity index (χ2v) is 5.85. The minimum absolute atomic E-state index is 0.276. The van der Waals surface area contributed by atoms with Gasteiger partial charge in [0, 0.05) is 25.1 Å². The fraction of sp³-hybridized carbons (Fsp3) is 0.412. The minimum atomic E-state index is -0.276. The molecule has 1 aromatic carbocycles. The molecule has 0 amide bonds. The molecule has 3 N–H and O–H groups in total. The molecule has 1 aliphatic carbocycles. The van der Waals surface area contributed by atoms with Crippen LogP contribution in [0.5, 0.6) is 0 Å². The SMILES string of the molecule is NC(=NCC1CCC1)NCCc1coc(-c2ccc(F)cc2)n1. The number of nitrogens with zero attached hydrogens (tertiary/aromatic N) is 2. The summed E-state index contributed by atoms with van der Waals surface area (Å²) in [6.07, 6.45) is 6.15. The Labute approximate surface area is 134 Å². The summed E-state index contributed by atoms with van der Waals surface area (Å²) in [6, 6.07) is 6.07. The van der Waals surface area contributed by atoms with E-state index in [-0.39, 0.29) is 5.82 Å². The molecular formula is C17H21FN4O. The van der Waals surface area contributed by atoms with Gasteiger partial charge in [0.05, 0.1) is 5.69 Å². The molecule has 0 aliphatic heterocycles. The Morgan fingerprint density at radius 3 is 2.83 bits per heavy atom. The van der Waals surface area contributed by atoms with Crippen LogP contribution in [-0.2, 0) is 6.42 Å². The first-order valence-corrected chi connectivity index (χ1v) is 7.95. The summed E-state index contributed by atoms with van der Waals surface area (Å²) < 4.78 is 18.3. The summed E-state index contributed by atoms with van der Waals surface area (Å²) in [5.41, 5.74) is 7.41. The van der Waals surface area contributed by atoms with Crippen LogP contribution in [0.15, 0.2) is 39.9 Å². The first-order chi connectivity index (χ1) is 11.2. The number of nitrogens with one attached hydrogen (secondary N) is 1. The Morgan fingerprint density at radius 1 is 1.35 bits per heavy atom. The van der Waals surface area contributed by atoms with Gasteiger partial charge in [-0.25, -0.2) is 9.37 Å². The monoisotopic (exact) mass is 316 g/mol. The van der Waals surface area contributed by atoms with E-state index in [2.05, 4.69) is 15.3 Å². The lowest BCUT2D eigenvalue weighted by atomic mass is 9.86. The van der Waals surface area contributed by atoms with Crippen LogP contribution in [0.4, 0.5) is 4.39 Å². The second kappa shape index (κ2) is 7.26. The van der Waals surface area contributed by atoms with E-state index in [1.807, 2.05) is 0 Å². The quantitative estimate of drug-likeness (QED) is 0.634. The standard InChI is InChI=1S/C17H21FN4O/c18-14-6-4-13(5-7-14)16-22-15(11-23-16)8-9-20-17(19)21-10-12-2-1-3-12/h4-7,11-12H,1-3,8-10H2,(H3,19,20,21). The van der Waals surface area contributed by atoms with E-state index in [9.17, 15) is 4.39 Å². The molecule has 1 saturated carbocycles. The zero-order valence-electron chi connectivity index (χ0n) is 13.0. The number of aromatic nitrogens is 1. The van der Waals surface area contributed by atoms with E-state index in [1.165, 1.54) is 31.4 Å². The van der Waals surface area contributed by atoms with Crippen molar-refractivity contribution in [2.75, 3.05) is 13.1 Å². The molecule has 1 aliphatic rings. The van der Waals surface area contributed by atoms with Gasteiger partial charge < -0.3 is 15.5 Å². The van der Waals surface area contributed by atoms with Crippen LogP contribution in [0.2, 0.25) is 0 Å². The number of aliphatic imine (C=N–C) groups is 1. The van der Waals surface area contributed by atoms with Gasteiger partial charge in [0.15, 0.2) is 5.96 Å². The topological polar surface area (TPSA) is 76.4 Å². The summed E-state index contributed by atoms with van der Waals surface area (Å²) in [5, 5.41) is 3.09. The van der Waals surface area contributed by atoms with Gasteiger partial charge in [0.2, 0.25) is 5.89 Å². The van der Waals surface area contributed by atoms with Crippen LogP contribution < -0.4 is 11.1 Å². The van der Waals surface area contributed by atoms with Gasteiger partial charge in [-0.3, -0.25) is 4.99 Å². The van der Waals surface area contributed by atoms with Crippen LogP contribution >= 0.6 is 0 Å². The molecule has 23 heavy (non-hydrogen) atoms. The summed E-state index contributed by atoms with van der Waals surface area (Å²) >= 11 is 0. The Morgan fingerprint density at radius 2 is 2.13 bits per heavy atom. The largest absolute Gasteiger partial charge is 0.444 e. The van der Waals surface area contributed by atoms with Crippen LogP contribution in [0, 0.1) is 11.7 Å². The summed E-state index contributed by atoms with van der Waals surface area (Å²) in [4.78, 5) is 8.74. The maximum atomic E-state index is 12.9. The van der Waals surface area contributed by atoms with E-state index < -0.39 is 0 Å². The number of nitrogens with two attached hydrogens (primary N) is 1. The first kappa shape index (κ1) is 15.5. The molecule has 5 nitrogen and oxygen atoms in total. The highest BCUT2D eigenvalue weighted by Gasteiger charge is 2.16. The van der Waals surface area contributed by atoms with Gasteiger partial charge in [-0.05, 0) is 43.0 Å². The molecular weight excluding hydrogens is 295 g/mol. The lowest BCUT2D eigenvalue weighted by Gasteiger charge is -2.23. The average Bonchev–Trinajstić information content (AvgIpc) is 2.95. The first-order valence-electron chi connectivity index (χ1n) is 7.95. The molecule has 1 heterocycles. The highest BCUT2D eigenvalue weighted by atomic mass is 19.1. The van der Waals surface area contributed by atoms with Crippen LogP contribution in [0.3, 0.4) is 0 Å². The number of hydrogen-bond donors (Lipinski definition) is 2. The Kier molecular flexibility index (Phi) is 4.90. The van der Waals surface area contributed by atoms with E-state index in [4.69, 9.17) is 10.2 Å². The van der Waals surface area contributed by atoms with Crippen LogP contribution in [0.1, 0.15) is 25.0 Å². The summed E-state index contributed by atoms with van der Waals surface area (Å²) in [6.45, 7) is 1.47. The maximum Gasteiger partial charge on any atom is 0.226 e. The number of rotatable bonds is 6.